The summed E-state index contributed by atoms with van der Waals surface area (Å²) in [6.07, 6.45) is 0. The number of nitrogens with one attached hydrogen (secondary N) is 1. The number of nitrogens with zero attached hydrogens (tertiary/aromatic N) is 1. The number of halogens is 1. The van der Waals surface area contributed by atoms with Gasteiger partial charge in [0.25, 0.3) is 10.0 Å². The summed E-state index contributed by atoms with van der Waals surface area (Å²) in [5.74, 6) is 0. The number of para-hydroxylation sites is 1. The smallest absolute Gasteiger partial charge is 0.261 e. The highest BCUT2D eigenvalue weighted by atomic mass is 35.5. The molecular formula is C13H9ClN2O2S. The van der Waals surface area contributed by atoms with Crippen LogP contribution < -0.4 is 4.72 Å². The monoisotopic (exact) mass is 292 g/mol. The van der Waals surface area contributed by atoms with Gasteiger partial charge >= 0.3 is 0 Å². The maximum atomic E-state index is 12.1. The largest absolute Gasteiger partial charge is 0.278 e. The first kappa shape index (κ1) is 13.4. The molecule has 0 atom stereocenters. The van der Waals surface area contributed by atoms with Crippen LogP contribution in [-0.2, 0) is 10.0 Å². The second-order valence-electron chi connectivity index (χ2n) is 3.72. The van der Waals surface area contributed by atoms with E-state index in [2.05, 4.69) is 4.72 Å². The first-order chi connectivity index (χ1) is 9.03. The molecule has 1 N–H and O–H groups in total. The van der Waals surface area contributed by atoms with E-state index in [9.17, 15) is 8.42 Å². The van der Waals surface area contributed by atoms with Crippen LogP contribution >= 0.6 is 11.6 Å². The molecular weight excluding hydrogens is 284 g/mol. The van der Waals surface area contributed by atoms with Crippen LogP contribution in [0, 0.1) is 11.3 Å². The van der Waals surface area contributed by atoms with E-state index in [1.54, 1.807) is 24.3 Å². The molecule has 0 aliphatic rings. The quantitative estimate of drug-likeness (QED) is 0.945. The van der Waals surface area contributed by atoms with Gasteiger partial charge in [0.15, 0.2) is 0 Å². The zero-order chi connectivity index (χ0) is 13.9. The van der Waals surface area contributed by atoms with Crippen molar-refractivity contribution in [2.24, 2.45) is 0 Å². The lowest BCUT2D eigenvalue weighted by Crippen LogP contribution is -2.13. The second kappa shape index (κ2) is 5.31. The van der Waals surface area contributed by atoms with E-state index in [0.717, 1.165) is 0 Å². The molecule has 0 unspecified atom stereocenters. The summed E-state index contributed by atoms with van der Waals surface area (Å²) in [6.45, 7) is 0. The summed E-state index contributed by atoms with van der Waals surface area (Å²) in [4.78, 5) is 0.0754. The molecule has 0 heterocycles. The fourth-order valence-electron chi connectivity index (χ4n) is 1.46. The van der Waals surface area contributed by atoms with E-state index in [-0.39, 0.29) is 4.90 Å². The third-order valence-electron chi connectivity index (χ3n) is 2.41. The van der Waals surface area contributed by atoms with E-state index in [0.29, 0.717) is 16.3 Å². The van der Waals surface area contributed by atoms with E-state index in [1.165, 1.54) is 24.3 Å². The highest BCUT2D eigenvalue weighted by Crippen LogP contribution is 2.23. The summed E-state index contributed by atoms with van der Waals surface area (Å²) in [5.41, 5.74) is 0.713. The van der Waals surface area contributed by atoms with Crippen LogP contribution in [0.5, 0.6) is 0 Å². The maximum absolute atomic E-state index is 12.1. The molecule has 0 aliphatic carbocycles. The lowest BCUT2D eigenvalue weighted by molar-refractivity contribution is 0.601. The summed E-state index contributed by atoms with van der Waals surface area (Å²) >= 11 is 5.90. The normalized spacial score (nSPS) is 10.7. The van der Waals surface area contributed by atoms with Crippen molar-refractivity contribution < 1.29 is 8.42 Å². The molecule has 96 valence electrons. The van der Waals surface area contributed by atoms with Gasteiger partial charge in [0, 0.05) is 0 Å². The predicted octanol–water partition coefficient (Wildman–Crippen LogP) is 3.01. The van der Waals surface area contributed by atoms with E-state index < -0.39 is 10.0 Å². The molecule has 0 saturated heterocycles. The molecule has 2 rings (SSSR count). The number of benzene rings is 2. The van der Waals surface area contributed by atoms with Gasteiger partial charge in [-0.3, -0.25) is 4.72 Å². The van der Waals surface area contributed by atoms with Crippen LogP contribution in [0.15, 0.2) is 53.4 Å². The van der Waals surface area contributed by atoms with Crippen LogP contribution in [0.4, 0.5) is 5.69 Å². The van der Waals surface area contributed by atoms with Crippen LogP contribution in [0.25, 0.3) is 0 Å². The fourth-order valence-corrected chi connectivity index (χ4v) is 2.78. The number of hydrogen-bond donors (Lipinski definition) is 1. The van der Waals surface area contributed by atoms with Gasteiger partial charge in [0.1, 0.15) is 0 Å². The van der Waals surface area contributed by atoms with E-state index >= 15 is 0 Å². The Morgan fingerprint density at radius 3 is 2.26 bits per heavy atom. The zero-order valence-electron chi connectivity index (χ0n) is 9.67. The van der Waals surface area contributed by atoms with Crippen LogP contribution in [0.2, 0.25) is 5.02 Å². The zero-order valence-corrected chi connectivity index (χ0v) is 11.2. The third kappa shape index (κ3) is 3.05. The molecule has 2 aromatic rings. The summed E-state index contributed by atoms with van der Waals surface area (Å²) in [7, 11) is -3.70. The minimum Gasteiger partial charge on any atom is -0.278 e. The van der Waals surface area contributed by atoms with Gasteiger partial charge < -0.3 is 0 Å². The number of anilines is 1. The average molecular weight is 293 g/mol. The molecule has 0 fully saturated rings. The number of sulfonamides is 1. The van der Waals surface area contributed by atoms with Gasteiger partial charge in [-0.2, -0.15) is 5.26 Å². The lowest BCUT2D eigenvalue weighted by Gasteiger charge is -2.09. The molecule has 19 heavy (non-hydrogen) atoms. The van der Waals surface area contributed by atoms with Crippen molar-refractivity contribution in [3.8, 4) is 6.07 Å². The van der Waals surface area contributed by atoms with Crippen molar-refractivity contribution in [2.45, 2.75) is 4.90 Å². The van der Waals surface area contributed by atoms with E-state index in [1.807, 2.05) is 6.07 Å². The summed E-state index contributed by atoms with van der Waals surface area (Å²) in [6, 6.07) is 14.1. The maximum Gasteiger partial charge on any atom is 0.261 e. The Hall–Kier alpha value is -2.03. The number of rotatable bonds is 3. The Bertz CT molecular complexity index is 734. The average Bonchev–Trinajstić information content (AvgIpc) is 2.41. The van der Waals surface area contributed by atoms with Gasteiger partial charge in [-0.15, -0.1) is 0 Å². The fraction of sp³-hybridized carbons (Fsp3) is 0. The Labute approximate surface area is 116 Å². The lowest BCUT2D eigenvalue weighted by atomic mass is 10.2. The molecule has 4 nitrogen and oxygen atoms in total. The van der Waals surface area contributed by atoms with Crippen molar-refractivity contribution >= 4 is 27.3 Å². The van der Waals surface area contributed by atoms with Gasteiger partial charge in [-0.25, -0.2) is 8.42 Å². The minimum absolute atomic E-state index is 0.0754. The first-order valence-corrected chi connectivity index (χ1v) is 7.16. The Morgan fingerprint density at radius 2 is 1.68 bits per heavy atom. The molecule has 0 radical (unpaired) electrons. The highest BCUT2D eigenvalue weighted by molar-refractivity contribution is 7.92. The molecule has 0 amide bonds. The van der Waals surface area contributed by atoms with Crippen molar-refractivity contribution in [1.82, 2.24) is 0 Å². The van der Waals surface area contributed by atoms with Gasteiger partial charge in [0.05, 0.1) is 27.2 Å². The topological polar surface area (TPSA) is 70.0 Å². The Morgan fingerprint density at radius 1 is 1.05 bits per heavy atom. The van der Waals surface area contributed by atoms with E-state index in [4.69, 9.17) is 16.9 Å². The van der Waals surface area contributed by atoms with Gasteiger partial charge in [0.2, 0.25) is 0 Å². The Kier molecular flexibility index (Phi) is 3.74. The Balaban J connectivity index is 2.33. The first-order valence-electron chi connectivity index (χ1n) is 5.30. The molecule has 0 bridgehead atoms. The van der Waals surface area contributed by atoms with Crippen LogP contribution in [-0.4, -0.2) is 8.42 Å². The standard InChI is InChI=1S/C13H9ClN2O2S/c14-12-3-1-2-4-13(12)16-19(17,18)11-7-5-10(9-15)6-8-11/h1-8,16H. The van der Waals surface area contributed by atoms with Crippen molar-refractivity contribution in [2.75, 3.05) is 4.72 Å². The molecule has 2 aromatic carbocycles. The molecule has 0 saturated carbocycles. The SMILES string of the molecule is N#Cc1ccc(S(=O)(=O)Nc2ccccc2Cl)cc1. The molecule has 6 heteroatoms. The van der Waals surface area contributed by atoms with Crippen LogP contribution in [0.1, 0.15) is 5.56 Å². The predicted molar refractivity (Wildman–Crippen MR) is 73.4 cm³/mol. The highest BCUT2D eigenvalue weighted by Gasteiger charge is 2.15. The minimum atomic E-state index is -3.70. The van der Waals surface area contributed by atoms with Crippen LogP contribution in [0.3, 0.4) is 0 Å². The van der Waals surface area contributed by atoms with Crippen molar-refractivity contribution in [3.05, 3.63) is 59.1 Å². The molecule has 0 aliphatic heterocycles. The molecule has 0 spiro atoms. The number of hydrogen-bond acceptors (Lipinski definition) is 3. The third-order valence-corrected chi connectivity index (χ3v) is 4.12. The van der Waals surface area contributed by atoms with Crippen molar-refractivity contribution in [3.63, 3.8) is 0 Å². The molecule has 0 aromatic heterocycles. The van der Waals surface area contributed by atoms with Gasteiger partial charge in [-0.1, -0.05) is 23.7 Å². The van der Waals surface area contributed by atoms with Crippen molar-refractivity contribution in [1.29, 1.82) is 5.26 Å². The summed E-state index contributed by atoms with van der Waals surface area (Å²) < 4.78 is 26.6. The van der Waals surface area contributed by atoms with Gasteiger partial charge in [-0.05, 0) is 36.4 Å². The second-order valence-corrected chi connectivity index (χ2v) is 5.81. The number of nitriles is 1. The summed E-state index contributed by atoms with van der Waals surface area (Å²) in [5, 5.41) is 8.99.